The fraction of sp³-hybridized carbons (Fsp3) is 0.133. The normalized spacial score (nSPS) is 11.1. The Labute approximate surface area is 143 Å². The van der Waals surface area contributed by atoms with Crippen LogP contribution in [0.4, 0.5) is 11.4 Å². The highest BCUT2D eigenvalue weighted by molar-refractivity contribution is 7.91. The summed E-state index contributed by atoms with van der Waals surface area (Å²) in [4.78, 5) is 22.5. The molecule has 0 saturated carbocycles. The van der Waals surface area contributed by atoms with Gasteiger partial charge in [0.15, 0.2) is 9.84 Å². The molecule has 0 aliphatic heterocycles. The van der Waals surface area contributed by atoms with Crippen LogP contribution in [-0.2, 0) is 9.84 Å². The maximum absolute atomic E-state index is 12.1. The van der Waals surface area contributed by atoms with Crippen LogP contribution in [0.3, 0.4) is 0 Å². The van der Waals surface area contributed by atoms with E-state index in [9.17, 15) is 23.3 Å². The Kier molecular flexibility index (Phi) is 5.20. The van der Waals surface area contributed by atoms with Gasteiger partial charge in [-0.25, -0.2) is 8.42 Å². The number of benzene rings is 2. The summed E-state index contributed by atoms with van der Waals surface area (Å²) >= 11 is 5.70. The number of hydrogen-bond acceptors (Lipinski definition) is 5. The number of amides is 1. The third kappa shape index (κ3) is 3.90. The van der Waals surface area contributed by atoms with Crippen molar-refractivity contribution in [1.29, 1.82) is 0 Å². The van der Waals surface area contributed by atoms with E-state index in [1.807, 2.05) is 0 Å². The van der Waals surface area contributed by atoms with E-state index < -0.39 is 20.7 Å². The molecule has 0 aliphatic rings. The molecule has 2 rings (SSSR count). The Hall–Kier alpha value is -2.45. The minimum Gasteiger partial charge on any atom is -0.322 e. The second-order valence-electron chi connectivity index (χ2n) is 4.81. The minimum atomic E-state index is -3.32. The first-order chi connectivity index (χ1) is 11.2. The molecule has 126 valence electrons. The first-order valence-electron chi connectivity index (χ1n) is 6.82. The van der Waals surface area contributed by atoms with Crippen molar-refractivity contribution < 1.29 is 18.1 Å². The monoisotopic (exact) mass is 368 g/mol. The first-order valence-corrected chi connectivity index (χ1v) is 8.85. The number of sulfone groups is 1. The average molecular weight is 369 g/mol. The highest BCUT2D eigenvalue weighted by Crippen LogP contribution is 2.25. The van der Waals surface area contributed by atoms with Crippen molar-refractivity contribution in [3.63, 3.8) is 0 Å². The van der Waals surface area contributed by atoms with E-state index in [4.69, 9.17) is 11.6 Å². The van der Waals surface area contributed by atoms with Gasteiger partial charge in [0.1, 0.15) is 5.02 Å². The number of nitro groups is 1. The predicted molar refractivity (Wildman–Crippen MR) is 90.2 cm³/mol. The third-order valence-corrected chi connectivity index (χ3v) is 5.33. The van der Waals surface area contributed by atoms with Crippen LogP contribution in [0, 0.1) is 10.1 Å². The van der Waals surface area contributed by atoms with Crippen LogP contribution >= 0.6 is 11.6 Å². The molecule has 0 saturated heterocycles. The summed E-state index contributed by atoms with van der Waals surface area (Å²) in [7, 11) is -3.32. The molecule has 24 heavy (non-hydrogen) atoms. The molecule has 7 nitrogen and oxygen atoms in total. The number of carbonyl (C=O) groups is 1. The van der Waals surface area contributed by atoms with Gasteiger partial charge in [-0.15, -0.1) is 0 Å². The molecule has 0 aliphatic carbocycles. The predicted octanol–water partition coefficient (Wildman–Crippen LogP) is 3.29. The lowest BCUT2D eigenvalue weighted by atomic mass is 10.2. The zero-order valence-electron chi connectivity index (χ0n) is 12.5. The van der Waals surface area contributed by atoms with E-state index in [0.717, 1.165) is 6.07 Å². The molecule has 0 fully saturated rings. The zero-order chi connectivity index (χ0) is 17.9. The number of halogens is 1. The molecular formula is C15H13ClN2O5S. The summed E-state index contributed by atoms with van der Waals surface area (Å²) in [6.07, 6.45) is 0. The number of hydrogen-bond donors (Lipinski definition) is 1. The van der Waals surface area contributed by atoms with E-state index in [2.05, 4.69) is 5.32 Å². The molecule has 0 heterocycles. The van der Waals surface area contributed by atoms with Crippen LogP contribution in [0.2, 0.25) is 5.02 Å². The molecule has 1 N–H and O–H groups in total. The van der Waals surface area contributed by atoms with Crippen molar-refractivity contribution in [3.05, 3.63) is 63.2 Å². The summed E-state index contributed by atoms with van der Waals surface area (Å²) in [5.41, 5.74) is 0.0673. The van der Waals surface area contributed by atoms with Gasteiger partial charge in [-0.05, 0) is 36.4 Å². The van der Waals surface area contributed by atoms with E-state index in [1.165, 1.54) is 36.4 Å². The number of rotatable bonds is 5. The number of anilines is 1. The fourth-order valence-electron chi connectivity index (χ4n) is 1.91. The lowest BCUT2D eigenvalue weighted by Crippen LogP contribution is -2.12. The van der Waals surface area contributed by atoms with Crippen LogP contribution in [0.1, 0.15) is 17.3 Å². The summed E-state index contributed by atoms with van der Waals surface area (Å²) < 4.78 is 23.5. The first kappa shape index (κ1) is 17.9. The van der Waals surface area contributed by atoms with Crippen LogP contribution in [0.15, 0.2) is 47.4 Å². The summed E-state index contributed by atoms with van der Waals surface area (Å²) in [6.45, 7) is 1.54. The molecule has 2 aromatic carbocycles. The van der Waals surface area contributed by atoms with Gasteiger partial charge in [-0.1, -0.05) is 18.5 Å². The average Bonchev–Trinajstić information content (AvgIpc) is 2.55. The van der Waals surface area contributed by atoms with Crippen molar-refractivity contribution >= 4 is 38.7 Å². The molecule has 0 unspecified atom stereocenters. The molecule has 0 spiro atoms. The van der Waals surface area contributed by atoms with Gasteiger partial charge in [-0.3, -0.25) is 14.9 Å². The Morgan fingerprint density at radius 1 is 1.21 bits per heavy atom. The molecule has 0 aromatic heterocycles. The van der Waals surface area contributed by atoms with Gasteiger partial charge in [0.2, 0.25) is 0 Å². The standard InChI is InChI=1S/C15H13ClN2O5S/c1-2-24(22,23)12-6-4-11(5-7-12)17-15(19)10-3-8-13(16)14(9-10)18(20)21/h3-9H,2H2,1H3,(H,17,19). The van der Waals surface area contributed by atoms with Gasteiger partial charge in [0.25, 0.3) is 11.6 Å². The second kappa shape index (κ2) is 6.98. The van der Waals surface area contributed by atoms with Crippen LogP contribution in [0.25, 0.3) is 0 Å². The molecule has 0 radical (unpaired) electrons. The van der Waals surface area contributed by atoms with Crippen molar-refractivity contribution in [2.45, 2.75) is 11.8 Å². The van der Waals surface area contributed by atoms with Crippen molar-refractivity contribution in [2.24, 2.45) is 0 Å². The fourth-order valence-corrected chi connectivity index (χ4v) is 2.98. The van der Waals surface area contributed by atoms with Crippen molar-refractivity contribution in [3.8, 4) is 0 Å². The Morgan fingerprint density at radius 2 is 1.83 bits per heavy atom. The van der Waals surface area contributed by atoms with Crippen molar-refractivity contribution in [2.75, 3.05) is 11.1 Å². The number of carbonyl (C=O) groups excluding carboxylic acids is 1. The largest absolute Gasteiger partial charge is 0.322 e. The zero-order valence-corrected chi connectivity index (χ0v) is 14.1. The van der Waals surface area contributed by atoms with Gasteiger partial charge in [0.05, 0.1) is 15.6 Å². The number of nitro benzene ring substituents is 1. The van der Waals surface area contributed by atoms with Gasteiger partial charge >= 0.3 is 0 Å². The lowest BCUT2D eigenvalue weighted by Gasteiger charge is -2.07. The van der Waals surface area contributed by atoms with Gasteiger partial charge in [0, 0.05) is 17.3 Å². The highest BCUT2D eigenvalue weighted by atomic mass is 35.5. The van der Waals surface area contributed by atoms with E-state index >= 15 is 0 Å². The van der Waals surface area contributed by atoms with Crippen LogP contribution in [-0.4, -0.2) is 25.0 Å². The van der Waals surface area contributed by atoms with E-state index in [0.29, 0.717) is 5.69 Å². The molecule has 2 aromatic rings. The lowest BCUT2D eigenvalue weighted by molar-refractivity contribution is -0.384. The van der Waals surface area contributed by atoms with Crippen LogP contribution in [0.5, 0.6) is 0 Å². The maximum atomic E-state index is 12.1. The van der Waals surface area contributed by atoms with Gasteiger partial charge < -0.3 is 5.32 Å². The molecule has 1 amide bonds. The second-order valence-corrected chi connectivity index (χ2v) is 7.49. The molecule has 0 bridgehead atoms. The SMILES string of the molecule is CCS(=O)(=O)c1ccc(NC(=O)c2ccc(Cl)c([N+](=O)[O-])c2)cc1. The third-order valence-electron chi connectivity index (χ3n) is 3.26. The molecule has 9 heteroatoms. The highest BCUT2D eigenvalue weighted by Gasteiger charge is 2.17. The quantitative estimate of drug-likeness (QED) is 0.643. The van der Waals surface area contributed by atoms with Gasteiger partial charge in [-0.2, -0.15) is 0 Å². The smallest absolute Gasteiger partial charge is 0.288 e. The Bertz CT molecular complexity index is 895. The van der Waals surface area contributed by atoms with E-state index in [-0.39, 0.29) is 26.9 Å². The number of nitrogens with zero attached hydrogens (tertiary/aromatic N) is 1. The minimum absolute atomic E-state index is 0.0207. The van der Waals surface area contributed by atoms with Crippen LogP contribution < -0.4 is 5.32 Å². The Balaban J connectivity index is 2.21. The molecular weight excluding hydrogens is 356 g/mol. The Morgan fingerprint density at radius 3 is 2.38 bits per heavy atom. The molecule has 0 atom stereocenters. The number of nitrogens with one attached hydrogen (secondary N) is 1. The summed E-state index contributed by atoms with van der Waals surface area (Å²) in [5, 5.41) is 13.3. The van der Waals surface area contributed by atoms with Crippen molar-refractivity contribution in [1.82, 2.24) is 0 Å². The van der Waals surface area contributed by atoms with E-state index in [1.54, 1.807) is 6.92 Å². The maximum Gasteiger partial charge on any atom is 0.288 e. The summed E-state index contributed by atoms with van der Waals surface area (Å²) in [5.74, 6) is -0.589. The topological polar surface area (TPSA) is 106 Å². The summed E-state index contributed by atoms with van der Waals surface area (Å²) in [6, 6.07) is 9.38.